The van der Waals surface area contributed by atoms with E-state index in [1.54, 1.807) is 12.4 Å². The van der Waals surface area contributed by atoms with E-state index < -0.39 is 0 Å². The van der Waals surface area contributed by atoms with Crippen molar-refractivity contribution in [2.24, 2.45) is 0 Å². The zero-order valence-corrected chi connectivity index (χ0v) is 15.9. The van der Waals surface area contributed by atoms with Gasteiger partial charge in [-0.2, -0.15) is 0 Å². The highest BCUT2D eigenvalue weighted by atomic mass is 16.1. The first kappa shape index (κ1) is 18.6. The van der Waals surface area contributed by atoms with Crippen LogP contribution in [0.5, 0.6) is 0 Å². The maximum atomic E-state index is 12.3. The number of amides is 1. The lowest BCUT2D eigenvalue weighted by Gasteiger charge is -2.18. The number of nitrogens with zero attached hydrogens (tertiary/aromatic N) is 2. The van der Waals surface area contributed by atoms with Gasteiger partial charge in [0.25, 0.3) is 5.91 Å². The van der Waals surface area contributed by atoms with Gasteiger partial charge in [-0.3, -0.25) is 9.78 Å². The molecule has 4 heteroatoms. The molecule has 0 unspecified atom stereocenters. The molecule has 0 spiro atoms. The molecule has 1 N–H and O–H groups in total. The van der Waals surface area contributed by atoms with E-state index in [-0.39, 0.29) is 5.91 Å². The van der Waals surface area contributed by atoms with E-state index in [0.717, 1.165) is 29.7 Å². The Labute approximate surface area is 160 Å². The quantitative estimate of drug-likeness (QED) is 0.674. The number of carbonyl (C=O) groups excluding carboxylic acids is 1. The van der Waals surface area contributed by atoms with E-state index in [9.17, 15) is 4.79 Å². The van der Waals surface area contributed by atoms with Crippen LogP contribution >= 0.6 is 0 Å². The van der Waals surface area contributed by atoms with Crippen LogP contribution in [-0.2, 0) is 6.54 Å². The molecule has 27 heavy (non-hydrogen) atoms. The topological polar surface area (TPSA) is 45.2 Å². The SMILES string of the molecule is CCCN(C)c1ccc(-c2ccc(C(=O)NCc3cccnc3)cc2)cc1. The highest BCUT2D eigenvalue weighted by Crippen LogP contribution is 2.23. The normalized spacial score (nSPS) is 10.4. The van der Waals surface area contributed by atoms with Crippen LogP contribution in [0.25, 0.3) is 11.1 Å². The molecule has 3 rings (SSSR count). The molecule has 0 saturated heterocycles. The van der Waals surface area contributed by atoms with Gasteiger partial charge in [-0.1, -0.05) is 37.3 Å². The van der Waals surface area contributed by atoms with E-state index in [1.807, 2.05) is 36.4 Å². The molecular formula is C23H25N3O. The Morgan fingerprint density at radius 3 is 2.26 bits per heavy atom. The van der Waals surface area contributed by atoms with E-state index in [4.69, 9.17) is 0 Å². The smallest absolute Gasteiger partial charge is 0.251 e. The maximum Gasteiger partial charge on any atom is 0.251 e. The summed E-state index contributed by atoms with van der Waals surface area (Å²) in [6.45, 7) is 3.70. The Morgan fingerprint density at radius 2 is 1.67 bits per heavy atom. The Hall–Kier alpha value is -3.14. The molecular weight excluding hydrogens is 334 g/mol. The van der Waals surface area contributed by atoms with Gasteiger partial charge in [0.05, 0.1) is 0 Å². The van der Waals surface area contributed by atoms with Crippen molar-refractivity contribution in [3.05, 3.63) is 84.2 Å². The molecule has 0 bridgehead atoms. The molecule has 0 aliphatic carbocycles. The average molecular weight is 359 g/mol. The Morgan fingerprint density at radius 1 is 1.00 bits per heavy atom. The Kier molecular flexibility index (Phi) is 6.21. The number of hydrogen-bond acceptors (Lipinski definition) is 3. The predicted molar refractivity (Wildman–Crippen MR) is 111 cm³/mol. The molecule has 2 aromatic carbocycles. The van der Waals surface area contributed by atoms with Gasteiger partial charge in [-0.15, -0.1) is 0 Å². The van der Waals surface area contributed by atoms with Gasteiger partial charge in [-0.25, -0.2) is 0 Å². The number of anilines is 1. The summed E-state index contributed by atoms with van der Waals surface area (Å²) in [6.07, 6.45) is 4.60. The Balaban J connectivity index is 1.63. The molecule has 0 radical (unpaired) electrons. The third-order valence-corrected chi connectivity index (χ3v) is 4.52. The zero-order chi connectivity index (χ0) is 19.1. The van der Waals surface area contributed by atoms with Crippen LogP contribution < -0.4 is 10.2 Å². The van der Waals surface area contributed by atoms with Crippen LogP contribution in [0.1, 0.15) is 29.3 Å². The monoisotopic (exact) mass is 359 g/mol. The van der Waals surface area contributed by atoms with Crippen molar-refractivity contribution in [1.82, 2.24) is 10.3 Å². The van der Waals surface area contributed by atoms with E-state index in [1.165, 1.54) is 5.69 Å². The highest BCUT2D eigenvalue weighted by Gasteiger charge is 2.07. The minimum Gasteiger partial charge on any atom is -0.375 e. The van der Waals surface area contributed by atoms with Gasteiger partial charge < -0.3 is 10.2 Å². The molecule has 138 valence electrons. The van der Waals surface area contributed by atoms with E-state index in [2.05, 4.69) is 53.4 Å². The summed E-state index contributed by atoms with van der Waals surface area (Å²) < 4.78 is 0. The fourth-order valence-corrected chi connectivity index (χ4v) is 2.97. The summed E-state index contributed by atoms with van der Waals surface area (Å²) in [4.78, 5) is 18.6. The maximum absolute atomic E-state index is 12.3. The third kappa shape index (κ3) is 4.94. The lowest BCUT2D eigenvalue weighted by atomic mass is 10.0. The van der Waals surface area contributed by atoms with Gasteiger partial charge in [0.1, 0.15) is 0 Å². The van der Waals surface area contributed by atoms with Crippen molar-refractivity contribution >= 4 is 11.6 Å². The molecule has 0 atom stereocenters. The fraction of sp³-hybridized carbons (Fsp3) is 0.217. The lowest BCUT2D eigenvalue weighted by molar-refractivity contribution is 0.0951. The number of hydrogen-bond donors (Lipinski definition) is 1. The Bertz CT molecular complexity index is 858. The number of nitrogens with one attached hydrogen (secondary N) is 1. The van der Waals surface area contributed by atoms with Crippen LogP contribution in [0, 0.1) is 0 Å². The second-order valence-corrected chi connectivity index (χ2v) is 6.59. The summed E-state index contributed by atoms with van der Waals surface area (Å²) in [5.41, 5.74) is 5.10. The minimum absolute atomic E-state index is 0.0815. The van der Waals surface area contributed by atoms with Crippen molar-refractivity contribution in [2.75, 3.05) is 18.5 Å². The first-order valence-corrected chi connectivity index (χ1v) is 9.26. The number of carbonyl (C=O) groups is 1. The average Bonchev–Trinajstić information content (AvgIpc) is 2.73. The number of benzene rings is 2. The summed E-state index contributed by atoms with van der Waals surface area (Å²) in [5, 5.41) is 2.92. The summed E-state index contributed by atoms with van der Waals surface area (Å²) in [7, 11) is 2.11. The molecule has 0 aliphatic rings. The minimum atomic E-state index is -0.0815. The van der Waals surface area contributed by atoms with Crippen molar-refractivity contribution in [1.29, 1.82) is 0 Å². The van der Waals surface area contributed by atoms with Crippen LogP contribution in [0.3, 0.4) is 0 Å². The molecule has 1 aromatic heterocycles. The molecule has 1 heterocycles. The number of pyridine rings is 1. The van der Waals surface area contributed by atoms with Gasteiger partial charge >= 0.3 is 0 Å². The van der Waals surface area contributed by atoms with Gasteiger partial charge in [0, 0.05) is 43.8 Å². The van der Waals surface area contributed by atoms with Crippen molar-refractivity contribution in [2.45, 2.75) is 19.9 Å². The highest BCUT2D eigenvalue weighted by molar-refractivity contribution is 5.94. The van der Waals surface area contributed by atoms with Crippen LogP contribution in [0.2, 0.25) is 0 Å². The first-order valence-electron chi connectivity index (χ1n) is 9.26. The van der Waals surface area contributed by atoms with Crippen LogP contribution in [-0.4, -0.2) is 24.5 Å². The van der Waals surface area contributed by atoms with Crippen LogP contribution in [0.4, 0.5) is 5.69 Å². The van der Waals surface area contributed by atoms with Crippen molar-refractivity contribution in [3.63, 3.8) is 0 Å². The lowest BCUT2D eigenvalue weighted by Crippen LogP contribution is -2.22. The zero-order valence-electron chi connectivity index (χ0n) is 15.9. The molecule has 3 aromatic rings. The number of rotatable bonds is 7. The van der Waals surface area contributed by atoms with Crippen LogP contribution in [0.15, 0.2) is 73.1 Å². The third-order valence-electron chi connectivity index (χ3n) is 4.52. The van der Waals surface area contributed by atoms with Gasteiger partial charge in [0.15, 0.2) is 0 Å². The summed E-state index contributed by atoms with van der Waals surface area (Å²) >= 11 is 0. The summed E-state index contributed by atoms with van der Waals surface area (Å²) in [6, 6.07) is 20.0. The van der Waals surface area contributed by atoms with E-state index >= 15 is 0 Å². The molecule has 0 fully saturated rings. The largest absolute Gasteiger partial charge is 0.375 e. The van der Waals surface area contributed by atoms with Gasteiger partial charge in [0.2, 0.25) is 0 Å². The standard InChI is InChI=1S/C23H25N3O/c1-3-15-26(2)22-12-10-20(11-13-22)19-6-8-21(9-7-19)23(27)25-17-18-5-4-14-24-16-18/h4-14,16H,3,15,17H2,1-2H3,(H,25,27). The van der Waals surface area contributed by atoms with Gasteiger partial charge in [-0.05, 0) is 53.4 Å². The number of aromatic nitrogens is 1. The molecule has 4 nitrogen and oxygen atoms in total. The van der Waals surface area contributed by atoms with Crippen molar-refractivity contribution in [3.8, 4) is 11.1 Å². The molecule has 1 amide bonds. The molecule has 0 aliphatic heterocycles. The fourth-order valence-electron chi connectivity index (χ4n) is 2.97. The molecule has 0 saturated carbocycles. The second kappa shape index (κ2) is 8.99. The van der Waals surface area contributed by atoms with Crippen molar-refractivity contribution < 1.29 is 4.79 Å². The predicted octanol–water partition coefficient (Wildman–Crippen LogP) is 4.52. The first-order chi connectivity index (χ1) is 13.2. The summed E-state index contributed by atoms with van der Waals surface area (Å²) in [5.74, 6) is -0.0815. The second-order valence-electron chi connectivity index (χ2n) is 6.59. The van der Waals surface area contributed by atoms with E-state index in [0.29, 0.717) is 12.1 Å².